The van der Waals surface area contributed by atoms with Crippen molar-refractivity contribution in [2.24, 2.45) is 13.0 Å². The summed E-state index contributed by atoms with van der Waals surface area (Å²) in [6.45, 7) is 1.67. The van der Waals surface area contributed by atoms with Crippen molar-refractivity contribution in [2.75, 3.05) is 0 Å². The zero-order valence-corrected chi connectivity index (χ0v) is 9.08. The fourth-order valence-corrected chi connectivity index (χ4v) is 1.56. The molecule has 4 nitrogen and oxygen atoms in total. The second-order valence-electron chi connectivity index (χ2n) is 3.04. The third-order valence-corrected chi connectivity index (χ3v) is 2.44. The normalized spacial score (nSPS) is 12.8. The predicted molar refractivity (Wildman–Crippen MR) is 51.4 cm³/mol. The minimum Gasteiger partial charge on any atom is -0.481 e. The van der Waals surface area contributed by atoms with Crippen LogP contribution in [0.4, 0.5) is 0 Å². The second-order valence-corrected chi connectivity index (χ2v) is 3.90. The molecule has 0 saturated heterocycles. The Morgan fingerprint density at radius 1 is 1.85 bits per heavy atom. The minimum absolute atomic E-state index is 0.397. The van der Waals surface area contributed by atoms with E-state index in [-0.39, 0.29) is 0 Å². The third kappa shape index (κ3) is 2.55. The van der Waals surface area contributed by atoms with Gasteiger partial charge < -0.3 is 5.11 Å². The third-order valence-electron chi connectivity index (χ3n) is 1.78. The van der Waals surface area contributed by atoms with Crippen LogP contribution in [0.25, 0.3) is 0 Å². The second kappa shape index (κ2) is 3.91. The number of carboxylic acids is 1. The number of rotatable bonds is 3. The zero-order valence-electron chi connectivity index (χ0n) is 7.49. The Labute approximate surface area is 84.7 Å². The van der Waals surface area contributed by atoms with Gasteiger partial charge >= 0.3 is 5.97 Å². The molecule has 0 bridgehead atoms. The van der Waals surface area contributed by atoms with Crippen LogP contribution >= 0.6 is 15.9 Å². The fourth-order valence-electron chi connectivity index (χ4n) is 1.02. The summed E-state index contributed by atoms with van der Waals surface area (Å²) in [5.74, 6) is -1.19. The Morgan fingerprint density at radius 3 is 2.85 bits per heavy atom. The largest absolute Gasteiger partial charge is 0.481 e. The lowest BCUT2D eigenvalue weighted by atomic mass is 10.1. The molecule has 0 aliphatic carbocycles. The highest BCUT2D eigenvalue weighted by Crippen LogP contribution is 2.17. The first-order chi connectivity index (χ1) is 6.00. The summed E-state index contributed by atoms with van der Waals surface area (Å²) in [4.78, 5) is 10.6. The van der Waals surface area contributed by atoms with Gasteiger partial charge in [0.1, 0.15) is 0 Å². The number of nitrogens with zero attached hydrogens (tertiary/aromatic N) is 2. The lowest BCUT2D eigenvalue weighted by Gasteiger charge is -2.02. The van der Waals surface area contributed by atoms with Crippen molar-refractivity contribution in [1.82, 2.24) is 9.78 Å². The highest BCUT2D eigenvalue weighted by Gasteiger charge is 2.15. The van der Waals surface area contributed by atoms with E-state index in [2.05, 4.69) is 21.0 Å². The maximum absolute atomic E-state index is 10.6. The van der Waals surface area contributed by atoms with Crippen LogP contribution in [0.1, 0.15) is 12.6 Å². The molecule has 1 atom stereocenters. The van der Waals surface area contributed by atoms with Crippen LogP contribution in [-0.2, 0) is 18.3 Å². The lowest BCUT2D eigenvalue weighted by molar-refractivity contribution is -0.141. The Balaban J connectivity index is 2.74. The van der Waals surface area contributed by atoms with Crippen molar-refractivity contribution in [2.45, 2.75) is 13.3 Å². The van der Waals surface area contributed by atoms with Crippen molar-refractivity contribution in [3.8, 4) is 0 Å². The summed E-state index contributed by atoms with van der Waals surface area (Å²) in [5.41, 5.74) is 0.789. The van der Waals surface area contributed by atoms with E-state index >= 15 is 0 Å². The van der Waals surface area contributed by atoms with Crippen LogP contribution in [0, 0.1) is 5.92 Å². The molecule has 13 heavy (non-hydrogen) atoms. The van der Waals surface area contributed by atoms with E-state index in [1.807, 2.05) is 6.20 Å². The summed E-state index contributed by atoms with van der Waals surface area (Å²) in [6.07, 6.45) is 2.26. The molecule has 0 aliphatic heterocycles. The number of hydrogen-bond donors (Lipinski definition) is 1. The van der Waals surface area contributed by atoms with E-state index in [1.54, 1.807) is 18.7 Å². The Morgan fingerprint density at radius 2 is 2.46 bits per heavy atom. The first kappa shape index (κ1) is 10.2. The summed E-state index contributed by atoms with van der Waals surface area (Å²) in [6, 6.07) is 0. The van der Waals surface area contributed by atoms with Crippen molar-refractivity contribution < 1.29 is 9.90 Å². The molecule has 0 saturated carbocycles. The van der Waals surface area contributed by atoms with Gasteiger partial charge in [-0.25, -0.2) is 0 Å². The molecule has 5 heteroatoms. The molecule has 1 rings (SSSR count). The lowest BCUT2D eigenvalue weighted by Crippen LogP contribution is -2.12. The Hall–Kier alpha value is -0.840. The summed E-state index contributed by atoms with van der Waals surface area (Å²) in [5, 5.41) is 12.8. The fraction of sp³-hybridized carbons (Fsp3) is 0.500. The maximum Gasteiger partial charge on any atom is 0.306 e. The van der Waals surface area contributed by atoms with Gasteiger partial charge in [0.05, 0.1) is 16.1 Å². The number of halogens is 1. The van der Waals surface area contributed by atoms with Gasteiger partial charge in [0, 0.05) is 19.7 Å². The van der Waals surface area contributed by atoms with Gasteiger partial charge in [0.2, 0.25) is 0 Å². The number of hydrogen-bond acceptors (Lipinski definition) is 2. The summed E-state index contributed by atoms with van der Waals surface area (Å²) < 4.78 is 2.52. The van der Waals surface area contributed by atoms with E-state index in [0.717, 1.165) is 10.2 Å². The molecule has 1 heterocycles. The van der Waals surface area contributed by atoms with Crippen LogP contribution in [0.2, 0.25) is 0 Å². The van der Waals surface area contributed by atoms with Gasteiger partial charge in [-0.1, -0.05) is 6.92 Å². The van der Waals surface area contributed by atoms with E-state index in [0.29, 0.717) is 6.42 Å². The number of carboxylic acid groups (broad SMARTS) is 1. The highest BCUT2D eigenvalue weighted by molar-refractivity contribution is 9.10. The van der Waals surface area contributed by atoms with Gasteiger partial charge in [-0.3, -0.25) is 9.48 Å². The van der Waals surface area contributed by atoms with Crippen molar-refractivity contribution >= 4 is 21.9 Å². The van der Waals surface area contributed by atoms with Gasteiger partial charge in [0.15, 0.2) is 0 Å². The molecule has 1 N–H and O–H groups in total. The molecule has 1 aromatic rings. The minimum atomic E-state index is -0.794. The predicted octanol–water partition coefficient (Wildman–Crippen LogP) is 1.45. The smallest absolute Gasteiger partial charge is 0.306 e. The SMILES string of the molecule is CC(Cc1nn(C)cc1Br)C(=O)O. The van der Waals surface area contributed by atoms with Gasteiger partial charge in [0.25, 0.3) is 0 Å². The van der Waals surface area contributed by atoms with Crippen LogP contribution in [-0.4, -0.2) is 20.9 Å². The molecule has 0 aromatic carbocycles. The van der Waals surface area contributed by atoms with E-state index in [4.69, 9.17) is 5.11 Å². The van der Waals surface area contributed by atoms with E-state index in [9.17, 15) is 4.79 Å². The molecule has 72 valence electrons. The monoisotopic (exact) mass is 246 g/mol. The average molecular weight is 247 g/mol. The molecular formula is C8H11BrN2O2. The number of aromatic nitrogens is 2. The molecule has 0 aliphatic rings. The van der Waals surface area contributed by atoms with Gasteiger partial charge in [-0.2, -0.15) is 5.10 Å². The standard InChI is InChI=1S/C8H11BrN2O2/c1-5(8(12)13)3-7-6(9)4-11(2)10-7/h4-5H,3H2,1-2H3,(H,12,13). The van der Waals surface area contributed by atoms with Gasteiger partial charge in [-0.05, 0) is 15.9 Å². The van der Waals surface area contributed by atoms with Crippen molar-refractivity contribution in [3.05, 3.63) is 16.4 Å². The van der Waals surface area contributed by atoms with Crippen LogP contribution in [0.5, 0.6) is 0 Å². The molecule has 0 fully saturated rings. The maximum atomic E-state index is 10.6. The van der Waals surface area contributed by atoms with Crippen LogP contribution in [0.15, 0.2) is 10.7 Å². The molecule has 0 amide bonds. The van der Waals surface area contributed by atoms with E-state index < -0.39 is 11.9 Å². The number of carbonyl (C=O) groups is 1. The highest BCUT2D eigenvalue weighted by atomic mass is 79.9. The van der Waals surface area contributed by atoms with Crippen molar-refractivity contribution in [3.63, 3.8) is 0 Å². The zero-order chi connectivity index (χ0) is 10.0. The van der Waals surface area contributed by atoms with Gasteiger partial charge in [-0.15, -0.1) is 0 Å². The molecular weight excluding hydrogens is 236 g/mol. The summed E-state index contributed by atoms with van der Waals surface area (Å²) in [7, 11) is 1.81. The topological polar surface area (TPSA) is 55.1 Å². The number of aliphatic carboxylic acids is 1. The Kier molecular flexibility index (Phi) is 3.08. The quantitative estimate of drug-likeness (QED) is 0.879. The number of aryl methyl sites for hydroxylation is 1. The Bertz CT molecular complexity index is 322. The molecule has 0 spiro atoms. The molecule has 1 aromatic heterocycles. The van der Waals surface area contributed by atoms with E-state index in [1.165, 1.54) is 0 Å². The van der Waals surface area contributed by atoms with Crippen LogP contribution in [0.3, 0.4) is 0 Å². The average Bonchev–Trinajstić information content (AvgIpc) is 2.30. The molecule has 0 radical (unpaired) electrons. The first-order valence-corrected chi connectivity index (χ1v) is 4.71. The first-order valence-electron chi connectivity index (χ1n) is 3.91. The summed E-state index contributed by atoms with van der Waals surface area (Å²) >= 11 is 3.32. The van der Waals surface area contributed by atoms with Crippen molar-refractivity contribution in [1.29, 1.82) is 0 Å². The van der Waals surface area contributed by atoms with Crippen LogP contribution < -0.4 is 0 Å². The molecule has 1 unspecified atom stereocenters.